The number of amides is 2. The minimum Gasteiger partial charge on any atom is -0.352 e. The number of likely N-dealkylation sites (tertiary alicyclic amines) is 2. The summed E-state index contributed by atoms with van der Waals surface area (Å²) >= 11 is 1.47. The molecular formula is C24H31N3O2S. The molecule has 0 saturated carbocycles. The number of benzene rings is 1. The van der Waals surface area contributed by atoms with Crippen LogP contribution < -0.4 is 5.32 Å². The maximum Gasteiger partial charge on any atom is 0.263 e. The molecule has 0 unspecified atom stereocenters. The Bertz CT molecular complexity index is 821. The molecule has 2 aliphatic rings. The maximum atomic E-state index is 12.6. The van der Waals surface area contributed by atoms with Crippen molar-refractivity contribution >= 4 is 23.2 Å². The molecule has 0 spiro atoms. The van der Waals surface area contributed by atoms with Crippen LogP contribution in [-0.4, -0.2) is 47.8 Å². The van der Waals surface area contributed by atoms with Crippen LogP contribution in [0.5, 0.6) is 0 Å². The van der Waals surface area contributed by atoms with Gasteiger partial charge in [-0.3, -0.25) is 14.5 Å². The molecule has 0 radical (unpaired) electrons. The summed E-state index contributed by atoms with van der Waals surface area (Å²) in [6.45, 7) is 5.30. The Morgan fingerprint density at radius 1 is 0.933 bits per heavy atom. The molecule has 0 atom stereocenters. The molecule has 0 aliphatic carbocycles. The fourth-order valence-corrected chi connectivity index (χ4v) is 5.06. The molecule has 4 rings (SSSR count). The van der Waals surface area contributed by atoms with Gasteiger partial charge in [-0.05, 0) is 61.3 Å². The summed E-state index contributed by atoms with van der Waals surface area (Å²) in [6.07, 6.45) is 5.45. The van der Waals surface area contributed by atoms with Crippen molar-refractivity contribution < 1.29 is 9.59 Å². The van der Waals surface area contributed by atoms with Crippen LogP contribution >= 0.6 is 11.3 Å². The zero-order chi connectivity index (χ0) is 20.8. The van der Waals surface area contributed by atoms with Crippen LogP contribution in [0.25, 0.3) is 0 Å². The predicted octanol–water partition coefficient (Wildman–Crippen LogP) is 3.90. The second-order valence-corrected chi connectivity index (χ2v) is 9.36. The second kappa shape index (κ2) is 10.2. The van der Waals surface area contributed by atoms with Crippen molar-refractivity contribution in [1.29, 1.82) is 0 Å². The number of piperidine rings is 2. The molecule has 0 bridgehead atoms. The number of thiophene rings is 1. The molecule has 30 heavy (non-hydrogen) atoms. The number of nitrogens with zero attached hydrogens (tertiary/aromatic N) is 2. The fraction of sp³-hybridized carbons (Fsp3) is 0.500. The first-order valence-electron chi connectivity index (χ1n) is 11.1. The van der Waals surface area contributed by atoms with Gasteiger partial charge < -0.3 is 10.2 Å². The van der Waals surface area contributed by atoms with Gasteiger partial charge >= 0.3 is 0 Å². The zero-order valence-electron chi connectivity index (χ0n) is 17.5. The molecule has 1 aromatic carbocycles. The fourth-order valence-electron chi connectivity index (χ4n) is 4.37. The first-order chi connectivity index (χ1) is 14.7. The average Bonchev–Trinajstić information content (AvgIpc) is 3.34. The van der Waals surface area contributed by atoms with E-state index in [0.29, 0.717) is 19.6 Å². The van der Waals surface area contributed by atoms with Crippen molar-refractivity contribution in [2.75, 3.05) is 26.2 Å². The lowest BCUT2D eigenvalue weighted by Gasteiger charge is -2.31. The monoisotopic (exact) mass is 425 g/mol. The molecule has 2 saturated heterocycles. The van der Waals surface area contributed by atoms with Gasteiger partial charge in [0.2, 0.25) is 5.91 Å². The number of hydrogen-bond donors (Lipinski definition) is 1. The third-order valence-electron chi connectivity index (χ3n) is 6.23. The van der Waals surface area contributed by atoms with E-state index in [1.54, 1.807) is 0 Å². The van der Waals surface area contributed by atoms with Crippen molar-refractivity contribution in [3.63, 3.8) is 0 Å². The summed E-state index contributed by atoms with van der Waals surface area (Å²) < 4.78 is 0. The van der Waals surface area contributed by atoms with Crippen molar-refractivity contribution in [1.82, 2.24) is 15.1 Å². The lowest BCUT2D eigenvalue weighted by atomic mass is 9.95. The zero-order valence-corrected chi connectivity index (χ0v) is 18.3. The number of carbonyl (C=O) groups excluding carboxylic acids is 2. The van der Waals surface area contributed by atoms with E-state index in [4.69, 9.17) is 0 Å². The predicted molar refractivity (Wildman–Crippen MR) is 120 cm³/mol. The Hall–Kier alpha value is -2.18. The van der Waals surface area contributed by atoms with E-state index in [-0.39, 0.29) is 17.7 Å². The molecule has 1 aromatic heterocycles. The van der Waals surface area contributed by atoms with Crippen molar-refractivity contribution in [2.24, 2.45) is 5.92 Å². The Morgan fingerprint density at radius 2 is 1.63 bits per heavy atom. The molecule has 2 fully saturated rings. The minimum atomic E-state index is -0.00393. The second-order valence-electron chi connectivity index (χ2n) is 8.41. The highest BCUT2D eigenvalue weighted by molar-refractivity contribution is 7.12. The molecule has 2 aromatic rings. The van der Waals surface area contributed by atoms with E-state index in [2.05, 4.69) is 34.5 Å². The number of rotatable bonds is 6. The van der Waals surface area contributed by atoms with E-state index in [0.717, 1.165) is 29.8 Å². The summed E-state index contributed by atoms with van der Waals surface area (Å²) in [5, 5.41) is 5.01. The molecule has 6 heteroatoms. The first-order valence-corrected chi connectivity index (χ1v) is 12.0. The van der Waals surface area contributed by atoms with Gasteiger partial charge in [0.1, 0.15) is 0 Å². The van der Waals surface area contributed by atoms with Gasteiger partial charge in [-0.1, -0.05) is 36.8 Å². The van der Waals surface area contributed by atoms with Gasteiger partial charge in [0.05, 0.1) is 4.88 Å². The van der Waals surface area contributed by atoms with E-state index in [9.17, 15) is 9.59 Å². The highest BCUT2D eigenvalue weighted by atomic mass is 32.1. The Kier molecular flexibility index (Phi) is 7.18. The number of carbonyl (C=O) groups is 2. The van der Waals surface area contributed by atoms with Gasteiger partial charge in [-0.2, -0.15) is 0 Å². The minimum absolute atomic E-state index is 0.00393. The summed E-state index contributed by atoms with van der Waals surface area (Å²) in [4.78, 5) is 30.2. The molecule has 160 valence electrons. The quantitative estimate of drug-likeness (QED) is 0.764. The molecule has 2 amide bonds. The highest BCUT2D eigenvalue weighted by Crippen LogP contribution is 2.21. The molecule has 2 aliphatic heterocycles. The van der Waals surface area contributed by atoms with E-state index in [1.165, 1.54) is 49.3 Å². The van der Waals surface area contributed by atoms with Crippen LogP contribution in [0, 0.1) is 5.92 Å². The van der Waals surface area contributed by atoms with Crippen molar-refractivity contribution in [2.45, 2.75) is 45.2 Å². The maximum absolute atomic E-state index is 12.6. The average molecular weight is 426 g/mol. The third-order valence-corrected chi connectivity index (χ3v) is 7.09. The summed E-state index contributed by atoms with van der Waals surface area (Å²) in [7, 11) is 0. The standard InChI is InChI=1S/C24H31N3O2S/c28-23(21-10-14-27(15-11-21)24(29)22-5-4-16-30-22)25-17-19-6-8-20(9-7-19)18-26-12-2-1-3-13-26/h4-9,16,21H,1-3,10-15,17-18H2,(H,25,28). The van der Waals surface area contributed by atoms with Gasteiger partial charge in [0.15, 0.2) is 0 Å². The van der Waals surface area contributed by atoms with Gasteiger partial charge in [-0.25, -0.2) is 0 Å². The van der Waals surface area contributed by atoms with E-state index >= 15 is 0 Å². The molecule has 1 N–H and O–H groups in total. The number of nitrogens with one attached hydrogen (secondary N) is 1. The van der Waals surface area contributed by atoms with E-state index in [1.807, 2.05) is 22.4 Å². The largest absolute Gasteiger partial charge is 0.352 e. The van der Waals surface area contributed by atoms with Crippen LogP contribution in [0.2, 0.25) is 0 Å². The number of hydrogen-bond acceptors (Lipinski definition) is 4. The summed E-state index contributed by atoms with van der Waals surface area (Å²) in [5.41, 5.74) is 2.48. The summed E-state index contributed by atoms with van der Waals surface area (Å²) in [6, 6.07) is 12.4. The normalized spacial score (nSPS) is 18.3. The van der Waals surface area contributed by atoms with Crippen LogP contribution in [0.1, 0.15) is 52.9 Å². The summed E-state index contributed by atoms with van der Waals surface area (Å²) in [5.74, 6) is 0.194. The Balaban J connectivity index is 1.20. The lowest BCUT2D eigenvalue weighted by Crippen LogP contribution is -2.42. The van der Waals surface area contributed by atoms with Crippen LogP contribution in [-0.2, 0) is 17.9 Å². The SMILES string of the molecule is O=C(NCc1ccc(CN2CCCCC2)cc1)C1CCN(C(=O)c2cccs2)CC1. The molecule has 5 nitrogen and oxygen atoms in total. The lowest BCUT2D eigenvalue weighted by molar-refractivity contribution is -0.126. The van der Waals surface area contributed by atoms with Gasteiger partial charge in [-0.15, -0.1) is 11.3 Å². The molecular weight excluding hydrogens is 394 g/mol. The van der Waals surface area contributed by atoms with Crippen LogP contribution in [0.3, 0.4) is 0 Å². The van der Waals surface area contributed by atoms with E-state index < -0.39 is 0 Å². The van der Waals surface area contributed by atoms with Crippen molar-refractivity contribution in [3.05, 3.63) is 57.8 Å². The Morgan fingerprint density at radius 3 is 2.30 bits per heavy atom. The highest BCUT2D eigenvalue weighted by Gasteiger charge is 2.28. The third kappa shape index (κ3) is 5.49. The van der Waals surface area contributed by atoms with Crippen LogP contribution in [0.4, 0.5) is 0 Å². The van der Waals surface area contributed by atoms with Gasteiger partial charge in [0.25, 0.3) is 5.91 Å². The van der Waals surface area contributed by atoms with Crippen molar-refractivity contribution in [3.8, 4) is 0 Å². The van der Waals surface area contributed by atoms with Gasteiger partial charge in [0, 0.05) is 32.1 Å². The smallest absolute Gasteiger partial charge is 0.263 e. The first kappa shape index (κ1) is 21.1. The molecule has 3 heterocycles. The van der Waals surface area contributed by atoms with Crippen LogP contribution in [0.15, 0.2) is 41.8 Å². The topological polar surface area (TPSA) is 52.7 Å². The Labute approximate surface area is 183 Å².